The molecule has 0 aliphatic carbocycles. The second-order valence-electron chi connectivity index (χ2n) is 9.00. The molecule has 0 saturated carbocycles. The summed E-state index contributed by atoms with van der Waals surface area (Å²) in [5.74, 6) is 1.40. The van der Waals surface area contributed by atoms with Crippen molar-refractivity contribution in [2.45, 2.75) is 20.4 Å². The van der Waals surface area contributed by atoms with Crippen molar-refractivity contribution in [1.82, 2.24) is 9.96 Å². The molecule has 1 heterocycles. The molecule has 9 heteroatoms. The number of nitrogens with zero attached hydrogens (tertiary/aromatic N) is 2. The number of nitrogens with one attached hydrogen (secondary N) is 1. The average Bonchev–Trinajstić information content (AvgIpc) is 3.10. The molecule has 0 bridgehead atoms. The van der Waals surface area contributed by atoms with E-state index in [0.29, 0.717) is 40.4 Å². The number of hydrogen-bond donors (Lipinski definition) is 1. The summed E-state index contributed by atoms with van der Waals surface area (Å²) < 4.78 is 5.66. The third-order valence-corrected chi connectivity index (χ3v) is 5.84. The molecular formula is C27H29Cl2N3O4. The van der Waals surface area contributed by atoms with Crippen LogP contribution in [0.5, 0.6) is 11.5 Å². The van der Waals surface area contributed by atoms with Crippen molar-refractivity contribution in [2.75, 3.05) is 26.0 Å². The number of benzene rings is 3. The van der Waals surface area contributed by atoms with Gasteiger partial charge >= 0.3 is 6.03 Å². The van der Waals surface area contributed by atoms with E-state index in [1.54, 1.807) is 62.6 Å². The van der Waals surface area contributed by atoms with Crippen LogP contribution in [0.3, 0.4) is 0 Å². The zero-order chi connectivity index (χ0) is 26.3. The molecule has 3 amide bonds. The molecule has 7 nitrogen and oxygen atoms in total. The van der Waals surface area contributed by atoms with E-state index in [9.17, 15) is 9.59 Å². The molecule has 36 heavy (non-hydrogen) atoms. The van der Waals surface area contributed by atoms with Gasteiger partial charge in [0.2, 0.25) is 0 Å². The summed E-state index contributed by atoms with van der Waals surface area (Å²) >= 11 is 11.8. The van der Waals surface area contributed by atoms with Crippen molar-refractivity contribution >= 4 is 40.8 Å². The molecule has 0 radical (unpaired) electrons. The normalized spacial score (nSPS) is 14.1. The van der Waals surface area contributed by atoms with Gasteiger partial charge in [0.05, 0.1) is 18.6 Å². The van der Waals surface area contributed by atoms with Crippen molar-refractivity contribution in [3.05, 3.63) is 88.4 Å². The zero-order valence-electron chi connectivity index (χ0n) is 20.6. The van der Waals surface area contributed by atoms with Gasteiger partial charge in [-0.25, -0.2) is 9.86 Å². The number of carbonyl (C=O) groups excluding carboxylic acids is 2. The average molecular weight is 530 g/mol. The number of rotatable bonds is 5. The lowest BCUT2D eigenvalue weighted by atomic mass is 9.95. The Kier molecular flexibility index (Phi) is 9.20. The summed E-state index contributed by atoms with van der Waals surface area (Å²) in [6.45, 7) is 4.59. The fraction of sp³-hybridized carbons (Fsp3) is 0.259. The third kappa shape index (κ3) is 7.62. The Morgan fingerprint density at radius 1 is 1.00 bits per heavy atom. The molecule has 1 aliphatic heterocycles. The number of halogens is 2. The van der Waals surface area contributed by atoms with E-state index in [2.05, 4.69) is 5.32 Å². The number of anilines is 1. The van der Waals surface area contributed by atoms with Gasteiger partial charge < -0.3 is 15.0 Å². The van der Waals surface area contributed by atoms with E-state index < -0.39 is 5.41 Å². The summed E-state index contributed by atoms with van der Waals surface area (Å²) in [4.78, 5) is 30.2. The molecule has 0 spiro atoms. The molecule has 3 aromatic carbocycles. The highest BCUT2D eigenvalue weighted by atomic mass is 35.5. The maximum absolute atomic E-state index is 11.9. The van der Waals surface area contributed by atoms with E-state index in [4.69, 9.17) is 32.8 Å². The lowest BCUT2D eigenvalue weighted by Gasteiger charge is -2.16. The zero-order valence-corrected chi connectivity index (χ0v) is 22.1. The molecule has 0 aromatic heterocycles. The van der Waals surface area contributed by atoms with Crippen LogP contribution in [0.1, 0.15) is 19.4 Å². The second-order valence-corrected chi connectivity index (χ2v) is 9.84. The lowest BCUT2D eigenvalue weighted by molar-refractivity contribution is -0.165. The van der Waals surface area contributed by atoms with Gasteiger partial charge in [0, 0.05) is 29.8 Å². The molecule has 3 aromatic rings. The van der Waals surface area contributed by atoms with Crippen LogP contribution in [0.4, 0.5) is 10.5 Å². The van der Waals surface area contributed by atoms with Gasteiger partial charge in [0.15, 0.2) is 0 Å². The topological polar surface area (TPSA) is 71.1 Å². The predicted octanol–water partition coefficient (Wildman–Crippen LogP) is 6.87. The van der Waals surface area contributed by atoms with Crippen LogP contribution in [0.2, 0.25) is 10.0 Å². The molecule has 1 aliphatic rings. The number of amides is 3. The number of ether oxygens (including phenoxy) is 1. The summed E-state index contributed by atoms with van der Waals surface area (Å²) in [7, 11) is 3.38. The van der Waals surface area contributed by atoms with Gasteiger partial charge in [-0.15, -0.1) is 0 Å². The van der Waals surface area contributed by atoms with E-state index in [1.165, 1.54) is 9.96 Å². The first-order valence-electron chi connectivity index (χ1n) is 11.3. The summed E-state index contributed by atoms with van der Waals surface area (Å²) in [6.07, 6.45) is 0. The quantitative estimate of drug-likeness (QED) is 0.391. The van der Waals surface area contributed by atoms with Crippen LogP contribution in [-0.2, 0) is 16.2 Å². The molecule has 0 atom stereocenters. The fourth-order valence-corrected chi connectivity index (χ4v) is 3.40. The highest BCUT2D eigenvalue weighted by molar-refractivity contribution is 6.31. The third-order valence-electron chi connectivity index (χ3n) is 5.22. The molecule has 190 valence electrons. The standard InChI is InChI=1S/C15H15ClN2O2.C12H14ClNO2/c1-18(2)15(19)17-12-5-9-14(10-6-12)20-13-7-3-11(16)4-8-13;1-12(2)8-16-14(11(12)15)7-9-5-3-4-6-10(9)13/h3-10H,1-2H3,(H,17,19);3-6H,7-8H2,1-2H3. The van der Waals surface area contributed by atoms with E-state index in [1.807, 2.05) is 38.1 Å². The van der Waals surface area contributed by atoms with Gasteiger partial charge in [0.25, 0.3) is 5.91 Å². The Morgan fingerprint density at radius 2 is 1.58 bits per heavy atom. The fourth-order valence-electron chi connectivity index (χ4n) is 3.08. The minimum Gasteiger partial charge on any atom is -0.457 e. The van der Waals surface area contributed by atoms with Crippen molar-refractivity contribution in [2.24, 2.45) is 5.41 Å². The Labute approximate surface area is 221 Å². The molecule has 1 fully saturated rings. The smallest absolute Gasteiger partial charge is 0.321 e. The Bertz CT molecular complexity index is 1180. The summed E-state index contributed by atoms with van der Waals surface area (Å²) in [5.41, 5.74) is 1.18. The minimum absolute atomic E-state index is 0.00687. The minimum atomic E-state index is -0.429. The van der Waals surface area contributed by atoms with Crippen LogP contribution >= 0.6 is 23.2 Å². The van der Waals surface area contributed by atoms with Crippen molar-refractivity contribution in [3.8, 4) is 11.5 Å². The van der Waals surface area contributed by atoms with Gasteiger partial charge in [-0.3, -0.25) is 9.63 Å². The van der Waals surface area contributed by atoms with Gasteiger partial charge in [0.1, 0.15) is 11.5 Å². The Balaban J connectivity index is 0.000000205. The van der Waals surface area contributed by atoms with Gasteiger partial charge in [-0.05, 0) is 74.0 Å². The Morgan fingerprint density at radius 3 is 2.11 bits per heavy atom. The molecule has 4 rings (SSSR count). The van der Waals surface area contributed by atoms with Crippen LogP contribution in [0, 0.1) is 5.41 Å². The largest absolute Gasteiger partial charge is 0.457 e. The number of urea groups is 1. The summed E-state index contributed by atoms with van der Waals surface area (Å²) in [6, 6.07) is 21.6. The van der Waals surface area contributed by atoms with Crippen LogP contribution in [-0.4, -0.2) is 42.6 Å². The number of hydroxylamine groups is 2. The highest BCUT2D eigenvalue weighted by Gasteiger charge is 2.40. The van der Waals surface area contributed by atoms with Gasteiger partial charge in [-0.1, -0.05) is 41.4 Å². The predicted molar refractivity (Wildman–Crippen MR) is 142 cm³/mol. The van der Waals surface area contributed by atoms with Crippen LogP contribution < -0.4 is 10.1 Å². The number of carbonyl (C=O) groups is 2. The van der Waals surface area contributed by atoms with Crippen LogP contribution in [0.25, 0.3) is 0 Å². The van der Waals surface area contributed by atoms with E-state index in [-0.39, 0.29) is 11.9 Å². The van der Waals surface area contributed by atoms with Crippen LogP contribution in [0.15, 0.2) is 72.8 Å². The lowest BCUT2D eigenvalue weighted by Crippen LogP contribution is -2.30. The monoisotopic (exact) mass is 529 g/mol. The first-order valence-corrected chi connectivity index (χ1v) is 12.0. The van der Waals surface area contributed by atoms with Crippen molar-refractivity contribution in [3.63, 3.8) is 0 Å². The molecule has 1 saturated heterocycles. The highest BCUT2D eigenvalue weighted by Crippen LogP contribution is 2.29. The first-order chi connectivity index (χ1) is 17.0. The van der Waals surface area contributed by atoms with Crippen molar-refractivity contribution < 1.29 is 19.2 Å². The SMILES string of the molecule is CC1(C)CON(Cc2ccccc2Cl)C1=O.CN(C)C(=O)Nc1ccc(Oc2ccc(Cl)cc2)cc1. The molecular weight excluding hydrogens is 501 g/mol. The maximum atomic E-state index is 11.9. The maximum Gasteiger partial charge on any atom is 0.321 e. The molecule has 0 unspecified atom stereocenters. The van der Waals surface area contributed by atoms with E-state index >= 15 is 0 Å². The Hall–Kier alpha value is -3.26. The van der Waals surface area contributed by atoms with Gasteiger partial charge in [-0.2, -0.15) is 0 Å². The van der Waals surface area contributed by atoms with Crippen molar-refractivity contribution in [1.29, 1.82) is 0 Å². The summed E-state index contributed by atoms with van der Waals surface area (Å²) in [5, 5.41) is 5.47. The number of hydrogen-bond acceptors (Lipinski definition) is 4. The molecule has 1 N–H and O–H groups in total. The first kappa shape index (κ1) is 27.3. The second kappa shape index (κ2) is 12.1. The van der Waals surface area contributed by atoms with E-state index in [0.717, 1.165) is 5.56 Å².